The summed E-state index contributed by atoms with van der Waals surface area (Å²) in [4.78, 5) is 11.8. The Morgan fingerprint density at radius 1 is 1.10 bits per heavy atom. The average molecular weight is 292 g/mol. The third-order valence-electron chi connectivity index (χ3n) is 3.31. The number of amides is 1. The molecule has 0 heterocycles. The maximum atomic E-state index is 11.8. The molecule has 0 aromatic heterocycles. The molecule has 0 bridgehead atoms. The normalized spacial score (nSPS) is 13.5. The van der Waals surface area contributed by atoms with E-state index in [-0.39, 0.29) is 5.91 Å². The molecule has 0 spiro atoms. The van der Waals surface area contributed by atoms with Gasteiger partial charge >= 0.3 is 0 Å². The van der Waals surface area contributed by atoms with Gasteiger partial charge in [0, 0.05) is 12.6 Å². The number of hydrogen-bond acceptors (Lipinski definition) is 3. The van der Waals surface area contributed by atoms with Crippen molar-refractivity contribution in [2.24, 2.45) is 0 Å². The van der Waals surface area contributed by atoms with Crippen LogP contribution in [0.1, 0.15) is 52.1 Å². The fourth-order valence-corrected chi connectivity index (χ4v) is 1.96. The Hall–Kier alpha value is -1.55. The molecule has 118 valence electrons. The van der Waals surface area contributed by atoms with E-state index in [9.17, 15) is 4.79 Å². The first-order valence-corrected chi connectivity index (χ1v) is 7.86. The third-order valence-corrected chi connectivity index (χ3v) is 3.31. The van der Waals surface area contributed by atoms with Gasteiger partial charge in [-0.05, 0) is 50.9 Å². The van der Waals surface area contributed by atoms with Gasteiger partial charge in [0.15, 0.2) is 6.10 Å². The first-order chi connectivity index (χ1) is 10.1. The quantitative estimate of drug-likeness (QED) is 0.735. The van der Waals surface area contributed by atoms with Crippen molar-refractivity contribution >= 4 is 5.91 Å². The van der Waals surface area contributed by atoms with E-state index in [4.69, 9.17) is 4.74 Å². The van der Waals surface area contributed by atoms with Gasteiger partial charge in [-0.25, -0.2) is 0 Å². The van der Waals surface area contributed by atoms with Crippen LogP contribution in [0, 0.1) is 0 Å². The molecule has 4 heteroatoms. The molecule has 1 aromatic rings. The molecule has 1 aromatic carbocycles. The smallest absolute Gasteiger partial charge is 0.260 e. The topological polar surface area (TPSA) is 50.4 Å². The number of carbonyl (C=O) groups excluding carboxylic acids is 1. The lowest BCUT2D eigenvalue weighted by Gasteiger charge is -2.16. The lowest BCUT2D eigenvalue weighted by Crippen LogP contribution is -2.36. The Morgan fingerprint density at radius 2 is 1.71 bits per heavy atom. The molecule has 0 aliphatic carbocycles. The Morgan fingerprint density at radius 3 is 2.29 bits per heavy atom. The van der Waals surface area contributed by atoms with Crippen molar-refractivity contribution in [3.63, 3.8) is 0 Å². The summed E-state index contributed by atoms with van der Waals surface area (Å²) in [5.74, 6) is 0.652. The first kappa shape index (κ1) is 17.5. The molecule has 2 unspecified atom stereocenters. The summed E-state index contributed by atoms with van der Waals surface area (Å²) in [6.07, 6.45) is 1.57. The molecule has 4 nitrogen and oxygen atoms in total. The lowest BCUT2D eigenvalue weighted by molar-refractivity contribution is -0.127. The molecule has 0 saturated carbocycles. The Bertz CT molecular complexity index is 417. The minimum Gasteiger partial charge on any atom is -0.481 e. The van der Waals surface area contributed by atoms with Gasteiger partial charge in [-0.15, -0.1) is 0 Å². The third kappa shape index (κ3) is 6.17. The summed E-state index contributed by atoms with van der Waals surface area (Å²) >= 11 is 0. The highest BCUT2D eigenvalue weighted by Gasteiger charge is 2.13. The van der Waals surface area contributed by atoms with E-state index in [1.54, 1.807) is 6.92 Å². The number of rotatable bonds is 9. The maximum absolute atomic E-state index is 11.8. The fourth-order valence-electron chi connectivity index (χ4n) is 1.96. The van der Waals surface area contributed by atoms with Crippen LogP contribution in [0.5, 0.6) is 5.75 Å². The van der Waals surface area contributed by atoms with Crippen LogP contribution in [-0.2, 0) is 4.79 Å². The van der Waals surface area contributed by atoms with Gasteiger partial charge in [-0.1, -0.05) is 26.0 Å². The van der Waals surface area contributed by atoms with Crippen LogP contribution in [-0.4, -0.2) is 25.1 Å². The van der Waals surface area contributed by atoms with E-state index in [0.29, 0.717) is 12.6 Å². The molecule has 0 saturated heterocycles. The van der Waals surface area contributed by atoms with Crippen LogP contribution < -0.4 is 15.4 Å². The summed E-state index contributed by atoms with van der Waals surface area (Å²) in [5, 5.41) is 6.28. The molecular formula is C17H28N2O2. The van der Waals surface area contributed by atoms with Crippen molar-refractivity contribution in [2.75, 3.05) is 13.1 Å². The molecule has 0 aliphatic rings. The summed E-state index contributed by atoms with van der Waals surface area (Å²) in [6, 6.07) is 8.24. The van der Waals surface area contributed by atoms with Crippen molar-refractivity contribution in [2.45, 2.75) is 52.7 Å². The molecule has 1 amide bonds. The van der Waals surface area contributed by atoms with Crippen molar-refractivity contribution in [3.8, 4) is 5.75 Å². The maximum Gasteiger partial charge on any atom is 0.260 e. The van der Waals surface area contributed by atoms with Crippen molar-refractivity contribution < 1.29 is 9.53 Å². The van der Waals surface area contributed by atoms with Gasteiger partial charge < -0.3 is 15.4 Å². The van der Waals surface area contributed by atoms with Gasteiger partial charge in [-0.2, -0.15) is 0 Å². The summed E-state index contributed by atoms with van der Waals surface area (Å²) < 4.78 is 5.66. The SMILES string of the molecule is CCCNC(=O)C(C)Oc1ccc(C(C)NCCC)cc1. The molecule has 0 radical (unpaired) electrons. The Labute approximate surface area is 128 Å². The molecule has 1 rings (SSSR count). The van der Waals surface area contributed by atoms with E-state index in [0.717, 1.165) is 25.1 Å². The zero-order valence-corrected chi connectivity index (χ0v) is 13.6. The minimum absolute atomic E-state index is 0.0705. The van der Waals surface area contributed by atoms with Crippen LogP contribution >= 0.6 is 0 Å². The Kier molecular flexibility index (Phi) is 7.83. The van der Waals surface area contributed by atoms with Crippen molar-refractivity contribution in [1.82, 2.24) is 10.6 Å². The monoisotopic (exact) mass is 292 g/mol. The second kappa shape index (κ2) is 9.40. The molecule has 2 N–H and O–H groups in total. The first-order valence-electron chi connectivity index (χ1n) is 7.86. The van der Waals surface area contributed by atoms with E-state index >= 15 is 0 Å². The van der Waals surface area contributed by atoms with Crippen LogP contribution in [0.15, 0.2) is 24.3 Å². The highest BCUT2D eigenvalue weighted by atomic mass is 16.5. The predicted octanol–water partition coefficient (Wildman–Crippen LogP) is 3.04. The molecular weight excluding hydrogens is 264 g/mol. The Balaban J connectivity index is 2.52. The van der Waals surface area contributed by atoms with Crippen molar-refractivity contribution in [3.05, 3.63) is 29.8 Å². The van der Waals surface area contributed by atoms with Crippen LogP contribution in [0.2, 0.25) is 0 Å². The molecule has 0 fully saturated rings. The van der Waals surface area contributed by atoms with Crippen LogP contribution in [0.4, 0.5) is 0 Å². The van der Waals surface area contributed by atoms with Crippen molar-refractivity contribution in [1.29, 1.82) is 0 Å². The van der Waals surface area contributed by atoms with Gasteiger partial charge in [0.2, 0.25) is 0 Å². The van der Waals surface area contributed by atoms with E-state index < -0.39 is 6.10 Å². The lowest BCUT2D eigenvalue weighted by atomic mass is 10.1. The number of nitrogens with one attached hydrogen (secondary N) is 2. The molecule has 0 aliphatic heterocycles. The standard InChI is InChI=1S/C17H28N2O2/c1-5-11-18-13(3)15-7-9-16(10-8-15)21-14(4)17(20)19-12-6-2/h7-10,13-14,18H,5-6,11-12H2,1-4H3,(H,19,20). The number of hydrogen-bond donors (Lipinski definition) is 2. The van der Waals surface area contributed by atoms with Crippen LogP contribution in [0.3, 0.4) is 0 Å². The summed E-state index contributed by atoms with van der Waals surface area (Å²) in [7, 11) is 0. The number of carbonyl (C=O) groups is 1. The number of benzene rings is 1. The largest absolute Gasteiger partial charge is 0.481 e. The van der Waals surface area contributed by atoms with Gasteiger partial charge in [0.1, 0.15) is 5.75 Å². The van der Waals surface area contributed by atoms with Crippen LogP contribution in [0.25, 0.3) is 0 Å². The minimum atomic E-state index is -0.474. The molecule has 2 atom stereocenters. The van der Waals surface area contributed by atoms with E-state index in [1.165, 1.54) is 5.56 Å². The van der Waals surface area contributed by atoms with E-state index in [1.807, 2.05) is 31.2 Å². The zero-order chi connectivity index (χ0) is 15.7. The second-order valence-corrected chi connectivity index (χ2v) is 5.30. The molecule has 21 heavy (non-hydrogen) atoms. The second-order valence-electron chi connectivity index (χ2n) is 5.30. The van der Waals surface area contributed by atoms with Gasteiger partial charge in [-0.3, -0.25) is 4.79 Å². The van der Waals surface area contributed by atoms with Gasteiger partial charge in [0.05, 0.1) is 0 Å². The van der Waals surface area contributed by atoms with Gasteiger partial charge in [0.25, 0.3) is 5.91 Å². The predicted molar refractivity (Wildman–Crippen MR) is 86.5 cm³/mol. The highest BCUT2D eigenvalue weighted by Crippen LogP contribution is 2.18. The summed E-state index contributed by atoms with van der Waals surface area (Å²) in [5.41, 5.74) is 1.22. The average Bonchev–Trinajstić information content (AvgIpc) is 2.50. The zero-order valence-electron chi connectivity index (χ0n) is 13.6. The number of ether oxygens (including phenoxy) is 1. The summed E-state index contributed by atoms with van der Waals surface area (Å²) in [6.45, 7) is 9.79. The van der Waals surface area contributed by atoms with E-state index in [2.05, 4.69) is 24.5 Å². The fraction of sp³-hybridized carbons (Fsp3) is 0.588. The highest BCUT2D eigenvalue weighted by molar-refractivity contribution is 5.80.